The highest BCUT2D eigenvalue weighted by atomic mass is 16.5. The Morgan fingerprint density at radius 3 is 2.85 bits per heavy atom. The van der Waals surface area contributed by atoms with Crippen molar-refractivity contribution in [2.75, 3.05) is 13.7 Å². The molecule has 0 heterocycles. The van der Waals surface area contributed by atoms with Crippen molar-refractivity contribution in [1.82, 2.24) is 10.6 Å². The van der Waals surface area contributed by atoms with Crippen LogP contribution in [-0.2, 0) is 17.6 Å². The summed E-state index contributed by atoms with van der Waals surface area (Å²) in [5, 5.41) is 6.39. The van der Waals surface area contributed by atoms with Crippen molar-refractivity contribution in [3.8, 4) is 5.75 Å². The van der Waals surface area contributed by atoms with Crippen molar-refractivity contribution in [3.05, 3.63) is 29.3 Å². The molecule has 1 amide bonds. The number of hydrogen-bond acceptors (Lipinski definition) is 3. The molecule has 20 heavy (non-hydrogen) atoms. The highest BCUT2D eigenvalue weighted by molar-refractivity contribution is 5.78. The lowest BCUT2D eigenvalue weighted by atomic mass is 9.88. The number of ether oxygens (including phenoxy) is 1. The molecule has 0 saturated heterocycles. The molecule has 0 spiro atoms. The molecule has 1 aromatic rings. The number of rotatable bonds is 5. The number of carbonyl (C=O) groups is 1. The second kappa shape index (κ2) is 5.83. The number of nitrogens with one attached hydrogen (secondary N) is 2. The van der Waals surface area contributed by atoms with Gasteiger partial charge in [-0.15, -0.1) is 0 Å². The van der Waals surface area contributed by atoms with E-state index in [1.807, 2.05) is 6.07 Å². The first kappa shape index (κ1) is 13.4. The van der Waals surface area contributed by atoms with Gasteiger partial charge in [-0.1, -0.05) is 6.07 Å². The summed E-state index contributed by atoms with van der Waals surface area (Å²) in [5.74, 6) is 1.04. The fourth-order valence-electron chi connectivity index (χ4n) is 2.78. The first-order valence-corrected chi connectivity index (χ1v) is 7.43. The number of hydrogen-bond donors (Lipinski definition) is 2. The normalized spacial score (nSPS) is 21.1. The second-order valence-corrected chi connectivity index (χ2v) is 5.80. The maximum atomic E-state index is 11.7. The molecule has 2 aliphatic carbocycles. The van der Waals surface area contributed by atoms with Crippen LogP contribution in [0.2, 0.25) is 0 Å². The van der Waals surface area contributed by atoms with Gasteiger partial charge in [0.25, 0.3) is 0 Å². The molecular weight excluding hydrogens is 252 g/mol. The fraction of sp³-hybridized carbons (Fsp3) is 0.562. The molecule has 108 valence electrons. The number of methoxy groups -OCH3 is 1. The third-order valence-corrected chi connectivity index (χ3v) is 4.14. The molecule has 3 rings (SSSR count). The SMILES string of the molecule is COc1ccc2c(c1)CC(NCC(=O)NC1CC1)CC2. The van der Waals surface area contributed by atoms with Crippen LogP contribution in [0.15, 0.2) is 18.2 Å². The van der Waals surface area contributed by atoms with Crippen LogP contribution in [0.5, 0.6) is 5.75 Å². The van der Waals surface area contributed by atoms with Crippen molar-refractivity contribution in [2.24, 2.45) is 0 Å². The molecular formula is C16H22N2O2. The maximum absolute atomic E-state index is 11.7. The minimum atomic E-state index is 0.129. The van der Waals surface area contributed by atoms with Crippen LogP contribution >= 0.6 is 0 Å². The summed E-state index contributed by atoms with van der Waals surface area (Å²) < 4.78 is 5.28. The van der Waals surface area contributed by atoms with Gasteiger partial charge in [-0.05, 0) is 55.4 Å². The third-order valence-electron chi connectivity index (χ3n) is 4.14. The van der Waals surface area contributed by atoms with Crippen molar-refractivity contribution in [2.45, 2.75) is 44.2 Å². The lowest BCUT2D eigenvalue weighted by Gasteiger charge is -2.25. The Kier molecular flexibility index (Phi) is 3.92. The first-order valence-electron chi connectivity index (χ1n) is 7.43. The van der Waals surface area contributed by atoms with Crippen LogP contribution in [0.1, 0.15) is 30.4 Å². The molecule has 1 unspecified atom stereocenters. The number of amides is 1. The van der Waals surface area contributed by atoms with E-state index >= 15 is 0 Å². The minimum absolute atomic E-state index is 0.129. The van der Waals surface area contributed by atoms with Crippen molar-refractivity contribution in [1.29, 1.82) is 0 Å². The summed E-state index contributed by atoms with van der Waals surface area (Å²) in [4.78, 5) is 11.7. The zero-order valence-corrected chi connectivity index (χ0v) is 11.9. The number of carbonyl (C=O) groups excluding carboxylic acids is 1. The number of fused-ring (bicyclic) bond motifs is 1. The molecule has 1 saturated carbocycles. The minimum Gasteiger partial charge on any atom is -0.497 e. The Morgan fingerprint density at radius 2 is 2.10 bits per heavy atom. The summed E-state index contributed by atoms with van der Waals surface area (Å²) in [7, 11) is 1.70. The Morgan fingerprint density at radius 1 is 1.25 bits per heavy atom. The predicted molar refractivity (Wildman–Crippen MR) is 78.0 cm³/mol. The summed E-state index contributed by atoms with van der Waals surface area (Å²) in [5.41, 5.74) is 2.75. The Bertz CT molecular complexity index is 497. The lowest BCUT2D eigenvalue weighted by molar-refractivity contribution is -0.120. The predicted octanol–water partition coefficient (Wildman–Crippen LogP) is 1.42. The molecule has 2 N–H and O–H groups in total. The molecule has 0 bridgehead atoms. The average Bonchev–Trinajstić information content (AvgIpc) is 3.28. The molecule has 1 atom stereocenters. The highest BCUT2D eigenvalue weighted by Crippen LogP contribution is 2.25. The summed E-state index contributed by atoms with van der Waals surface area (Å²) in [6, 6.07) is 7.13. The van der Waals surface area contributed by atoms with Crippen LogP contribution in [0, 0.1) is 0 Å². The Hall–Kier alpha value is -1.55. The smallest absolute Gasteiger partial charge is 0.234 e. The van der Waals surface area contributed by atoms with E-state index in [1.165, 1.54) is 11.1 Å². The van der Waals surface area contributed by atoms with E-state index in [1.54, 1.807) is 7.11 Å². The zero-order valence-electron chi connectivity index (χ0n) is 11.9. The van der Waals surface area contributed by atoms with E-state index in [9.17, 15) is 4.79 Å². The zero-order chi connectivity index (χ0) is 13.9. The molecule has 1 fully saturated rings. The van der Waals surface area contributed by atoms with Crippen LogP contribution < -0.4 is 15.4 Å². The van der Waals surface area contributed by atoms with E-state index in [0.717, 1.165) is 37.9 Å². The fourth-order valence-corrected chi connectivity index (χ4v) is 2.78. The van der Waals surface area contributed by atoms with Gasteiger partial charge in [-0.3, -0.25) is 4.79 Å². The van der Waals surface area contributed by atoms with Gasteiger partial charge in [0.1, 0.15) is 5.75 Å². The lowest BCUT2D eigenvalue weighted by Crippen LogP contribution is -2.42. The molecule has 4 nitrogen and oxygen atoms in total. The van der Waals surface area contributed by atoms with E-state index < -0.39 is 0 Å². The van der Waals surface area contributed by atoms with Crippen LogP contribution in [-0.4, -0.2) is 31.6 Å². The third kappa shape index (κ3) is 3.31. The van der Waals surface area contributed by atoms with Crippen molar-refractivity contribution >= 4 is 5.91 Å². The van der Waals surface area contributed by atoms with E-state index in [2.05, 4.69) is 22.8 Å². The van der Waals surface area contributed by atoms with Gasteiger partial charge >= 0.3 is 0 Å². The molecule has 2 aliphatic rings. The van der Waals surface area contributed by atoms with Gasteiger partial charge < -0.3 is 15.4 Å². The van der Waals surface area contributed by atoms with Gasteiger partial charge in [0.15, 0.2) is 0 Å². The maximum Gasteiger partial charge on any atom is 0.234 e. The van der Waals surface area contributed by atoms with Gasteiger partial charge in [-0.2, -0.15) is 0 Å². The van der Waals surface area contributed by atoms with E-state index in [4.69, 9.17) is 4.74 Å². The molecule has 0 aliphatic heterocycles. The molecule has 0 aromatic heterocycles. The van der Waals surface area contributed by atoms with Gasteiger partial charge in [0.2, 0.25) is 5.91 Å². The summed E-state index contributed by atoms with van der Waals surface area (Å²) in [6.07, 6.45) is 5.42. The average molecular weight is 274 g/mol. The number of benzene rings is 1. The van der Waals surface area contributed by atoms with E-state index in [-0.39, 0.29) is 5.91 Å². The topological polar surface area (TPSA) is 50.4 Å². The molecule has 1 aromatic carbocycles. The van der Waals surface area contributed by atoms with Gasteiger partial charge in [0, 0.05) is 12.1 Å². The second-order valence-electron chi connectivity index (χ2n) is 5.80. The van der Waals surface area contributed by atoms with Crippen LogP contribution in [0.25, 0.3) is 0 Å². The van der Waals surface area contributed by atoms with Crippen molar-refractivity contribution in [3.63, 3.8) is 0 Å². The Labute approximate surface area is 119 Å². The van der Waals surface area contributed by atoms with Crippen LogP contribution in [0.4, 0.5) is 0 Å². The molecule has 4 heteroatoms. The highest BCUT2D eigenvalue weighted by Gasteiger charge is 2.24. The van der Waals surface area contributed by atoms with Gasteiger partial charge in [0.05, 0.1) is 13.7 Å². The largest absolute Gasteiger partial charge is 0.497 e. The Balaban J connectivity index is 1.53. The van der Waals surface area contributed by atoms with Crippen molar-refractivity contribution < 1.29 is 9.53 Å². The quantitative estimate of drug-likeness (QED) is 0.854. The van der Waals surface area contributed by atoms with Gasteiger partial charge in [-0.25, -0.2) is 0 Å². The monoisotopic (exact) mass is 274 g/mol. The standard InChI is InChI=1S/C16H22N2O2/c1-20-15-7-3-11-2-4-14(8-12(11)9-15)17-10-16(19)18-13-5-6-13/h3,7,9,13-14,17H,2,4-6,8,10H2,1H3,(H,18,19). The summed E-state index contributed by atoms with van der Waals surface area (Å²) in [6.45, 7) is 0.431. The van der Waals surface area contributed by atoms with E-state index in [0.29, 0.717) is 18.6 Å². The summed E-state index contributed by atoms with van der Waals surface area (Å²) >= 11 is 0. The number of aryl methyl sites for hydroxylation is 1. The molecule has 0 radical (unpaired) electrons. The van der Waals surface area contributed by atoms with Crippen LogP contribution in [0.3, 0.4) is 0 Å². The first-order chi connectivity index (χ1) is 9.74.